The van der Waals surface area contributed by atoms with Crippen molar-refractivity contribution in [3.05, 3.63) is 65.5 Å². The Morgan fingerprint density at radius 2 is 1.60 bits per heavy atom. The zero-order valence-corrected chi connectivity index (χ0v) is 14.0. The van der Waals surface area contributed by atoms with E-state index in [9.17, 15) is 14.0 Å². The highest BCUT2D eigenvalue weighted by Gasteiger charge is 2.24. The number of amides is 3. The zero-order chi connectivity index (χ0) is 17.8. The van der Waals surface area contributed by atoms with Crippen molar-refractivity contribution in [2.75, 3.05) is 31.5 Å². The third kappa shape index (κ3) is 4.15. The molecule has 1 N–H and O–H groups in total. The van der Waals surface area contributed by atoms with E-state index in [4.69, 9.17) is 0 Å². The topological polar surface area (TPSA) is 52.7 Å². The Bertz CT molecular complexity index is 768. The van der Waals surface area contributed by atoms with Gasteiger partial charge in [0, 0.05) is 37.4 Å². The van der Waals surface area contributed by atoms with E-state index in [-0.39, 0.29) is 17.8 Å². The Morgan fingerprint density at radius 3 is 2.24 bits per heavy atom. The number of hydrogen-bond acceptors (Lipinski definition) is 2. The molecule has 2 aromatic rings. The van der Waals surface area contributed by atoms with Crippen molar-refractivity contribution in [1.29, 1.82) is 0 Å². The van der Waals surface area contributed by atoms with Crippen LogP contribution in [0.1, 0.15) is 15.9 Å². The highest BCUT2D eigenvalue weighted by atomic mass is 19.1. The predicted molar refractivity (Wildman–Crippen MR) is 94.1 cm³/mol. The number of carbonyl (C=O) groups is 2. The van der Waals surface area contributed by atoms with Crippen molar-refractivity contribution in [2.24, 2.45) is 0 Å². The van der Waals surface area contributed by atoms with Crippen LogP contribution in [0.3, 0.4) is 0 Å². The van der Waals surface area contributed by atoms with Gasteiger partial charge in [-0.2, -0.15) is 0 Å². The van der Waals surface area contributed by atoms with Gasteiger partial charge in [0.15, 0.2) is 0 Å². The molecular formula is C19H20FN3O2. The predicted octanol–water partition coefficient (Wildman–Crippen LogP) is 3.12. The maximum absolute atomic E-state index is 12.9. The van der Waals surface area contributed by atoms with E-state index in [1.54, 1.807) is 9.80 Å². The van der Waals surface area contributed by atoms with E-state index in [0.717, 1.165) is 5.56 Å². The zero-order valence-electron chi connectivity index (χ0n) is 14.0. The molecule has 0 atom stereocenters. The molecule has 1 heterocycles. The average molecular weight is 341 g/mol. The van der Waals surface area contributed by atoms with Crippen LogP contribution in [0.2, 0.25) is 0 Å². The Morgan fingerprint density at radius 1 is 0.960 bits per heavy atom. The number of aryl methyl sites for hydroxylation is 1. The lowest BCUT2D eigenvalue weighted by Crippen LogP contribution is -2.51. The largest absolute Gasteiger partial charge is 0.335 e. The van der Waals surface area contributed by atoms with Gasteiger partial charge in [-0.05, 0) is 43.3 Å². The number of rotatable bonds is 2. The van der Waals surface area contributed by atoms with Crippen LogP contribution in [-0.2, 0) is 0 Å². The molecule has 130 valence electrons. The SMILES string of the molecule is Cc1cccc(C(=O)N2CCN(C(=O)Nc3ccc(F)cc3)CC2)c1. The van der Waals surface area contributed by atoms with Crippen LogP contribution >= 0.6 is 0 Å². The second-order valence-corrected chi connectivity index (χ2v) is 6.09. The molecule has 3 rings (SSSR count). The minimum atomic E-state index is -0.346. The summed E-state index contributed by atoms with van der Waals surface area (Å²) in [5, 5.41) is 2.74. The summed E-state index contributed by atoms with van der Waals surface area (Å²) in [6.07, 6.45) is 0. The molecule has 0 radical (unpaired) electrons. The second-order valence-electron chi connectivity index (χ2n) is 6.09. The van der Waals surface area contributed by atoms with Crippen LogP contribution in [-0.4, -0.2) is 47.9 Å². The quantitative estimate of drug-likeness (QED) is 0.912. The van der Waals surface area contributed by atoms with Gasteiger partial charge in [0.2, 0.25) is 0 Å². The monoisotopic (exact) mass is 341 g/mol. The standard InChI is InChI=1S/C19H20FN3O2/c1-14-3-2-4-15(13-14)18(24)22-9-11-23(12-10-22)19(25)21-17-7-5-16(20)6-8-17/h2-8,13H,9-12H2,1H3,(H,21,25). The van der Waals surface area contributed by atoms with E-state index in [2.05, 4.69) is 5.32 Å². The fourth-order valence-corrected chi connectivity index (χ4v) is 2.81. The smallest absolute Gasteiger partial charge is 0.321 e. The Kier molecular flexibility index (Phi) is 4.97. The van der Waals surface area contributed by atoms with Crippen molar-refractivity contribution in [2.45, 2.75) is 6.92 Å². The van der Waals surface area contributed by atoms with Crippen LogP contribution in [0.4, 0.5) is 14.9 Å². The van der Waals surface area contributed by atoms with Gasteiger partial charge in [0.05, 0.1) is 0 Å². The summed E-state index contributed by atoms with van der Waals surface area (Å²) < 4.78 is 12.9. The lowest BCUT2D eigenvalue weighted by atomic mass is 10.1. The van der Waals surface area contributed by atoms with Gasteiger partial charge in [-0.1, -0.05) is 17.7 Å². The first-order valence-corrected chi connectivity index (χ1v) is 8.20. The maximum atomic E-state index is 12.9. The summed E-state index contributed by atoms with van der Waals surface area (Å²) in [5.74, 6) is -0.358. The highest BCUT2D eigenvalue weighted by Crippen LogP contribution is 2.13. The van der Waals surface area contributed by atoms with Gasteiger partial charge in [-0.3, -0.25) is 4.79 Å². The summed E-state index contributed by atoms with van der Waals surface area (Å²) in [6, 6.07) is 12.9. The molecule has 6 heteroatoms. The molecule has 0 unspecified atom stereocenters. The van der Waals surface area contributed by atoms with E-state index in [1.807, 2.05) is 31.2 Å². The summed E-state index contributed by atoms with van der Waals surface area (Å²) in [5.41, 5.74) is 2.26. The molecular weight excluding hydrogens is 321 g/mol. The first-order valence-electron chi connectivity index (χ1n) is 8.20. The minimum Gasteiger partial charge on any atom is -0.335 e. The third-order valence-electron chi connectivity index (χ3n) is 4.21. The van der Waals surface area contributed by atoms with Crippen molar-refractivity contribution < 1.29 is 14.0 Å². The number of piperazine rings is 1. The van der Waals surface area contributed by atoms with E-state index >= 15 is 0 Å². The number of urea groups is 1. The fourth-order valence-electron chi connectivity index (χ4n) is 2.81. The van der Waals surface area contributed by atoms with E-state index < -0.39 is 0 Å². The number of nitrogens with one attached hydrogen (secondary N) is 1. The van der Waals surface area contributed by atoms with Gasteiger partial charge < -0.3 is 15.1 Å². The van der Waals surface area contributed by atoms with Crippen molar-refractivity contribution in [3.8, 4) is 0 Å². The van der Waals surface area contributed by atoms with Gasteiger partial charge >= 0.3 is 6.03 Å². The van der Waals surface area contributed by atoms with Crippen molar-refractivity contribution >= 4 is 17.6 Å². The first-order chi connectivity index (χ1) is 12.0. The molecule has 1 aliphatic rings. The van der Waals surface area contributed by atoms with Crippen LogP contribution in [0, 0.1) is 12.7 Å². The van der Waals surface area contributed by atoms with Gasteiger partial charge in [0.25, 0.3) is 5.91 Å². The lowest BCUT2D eigenvalue weighted by Gasteiger charge is -2.34. The van der Waals surface area contributed by atoms with Crippen LogP contribution in [0.5, 0.6) is 0 Å². The van der Waals surface area contributed by atoms with Gasteiger partial charge in [0.1, 0.15) is 5.82 Å². The number of anilines is 1. The van der Waals surface area contributed by atoms with Gasteiger partial charge in [-0.25, -0.2) is 9.18 Å². The van der Waals surface area contributed by atoms with E-state index in [0.29, 0.717) is 37.4 Å². The number of nitrogens with zero attached hydrogens (tertiary/aromatic N) is 2. The maximum Gasteiger partial charge on any atom is 0.321 e. The number of carbonyl (C=O) groups excluding carboxylic acids is 2. The molecule has 5 nitrogen and oxygen atoms in total. The first kappa shape index (κ1) is 17.0. The minimum absolute atomic E-state index is 0.0118. The molecule has 1 saturated heterocycles. The van der Waals surface area contributed by atoms with Crippen LogP contribution in [0.25, 0.3) is 0 Å². The van der Waals surface area contributed by atoms with Crippen LogP contribution < -0.4 is 5.32 Å². The fraction of sp³-hybridized carbons (Fsp3) is 0.263. The molecule has 0 aromatic heterocycles. The molecule has 1 aliphatic heterocycles. The van der Waals surface area contributed by atoms with Crippen molar-refractivity contribution in [3.63, 3.8) is 0 Å². The Labute approximate surface area is 146 Å². The molecule has 1 fully saturated rings. The number of benzene rings is 2. The molecule has 0 aliphatic carbocycles. The highest BCUT2D eigenvalue weighted by molar-refractivity contribution is 5.95. The molecule has 25 heavy (non-hydrogen) atoms. The van der Waals surface area contributed by atoms with Crippen molar-refractivity contribution in [1.82, 2.24) is 9.80 Å². The summed E-state index contributed by atoms with van der Waals surface area (Å²) in [7, 11) is 0. The molecule has 3 amide bonds. The number of hydrogen-bond donors (Lipinski definition) is 1. The summed E-state index contributed by atoms with van der Waals surface area (Å²) in [6.45, 7) is 3.86. The van der Waals surface area contributed by atoms with E-state index in [1.165, 1.54) is 24.3 Å². The lowest BCUT2D eigenvalue weighted by molar-refractivity contribution is 0.0671. The Hall–Kier alpha value is -2.89. The molecule has 0 saturated carbocycles. The summed E-state index contributed by atoms with van der Waals surface area (Å²) in [4.78, 5) is 28.2. The number of halogens is 1. The normalized spacial score (nSPS) is 14.3. The molecule has 2 aromatic carbocycles. The van der Waals surface area contributed by atoms with Crippen LogP contribution in [0.15, 0.2) is 48.5 Å². The second kappa shape index (κ2) is 7.34. The van der Waals surface area contributed by atoms with Gasteiger partial charge in [-0.15, -0.1) is 0 Å². The summed E-state index contributed by atoms with van der Waals surface area (Å²) >= 11 is 0. The average Bonchev–Trinajstić information content (AvgIpc) is 2.63. The Balaban J connectivity index is 1.55. The third-order valence-corrected chi connectivity index (χ3v) is 4.21. The molecule has 0 spiro atoms. The molecule has 0 bridgehead atoms.